The van der Waals surface area contributed by atoms with Crippen LogP contribution in [-0.4, -0.2) is 16.8 Å². The predicted octanol–water partition coefficient (Wildman–Crippen LogP) is 3.49. The minimum atomic E-state index is -0.437. The lowest BCUT2D eigenvalue weighted by Crippen LogP contribution is -2.40. The van der Waals surface area contributed by atoms with E-state index >= 15 is 0 Å². The van der Waals surface area contributed by atoms with Crippen molar-refractivity contribution in [2.24, 2.45) is 11.8 Å². The van der Waals surface area contributed by atoms with Crippen molar-refractivity contribution in [3.05, 3.63) is 0 Å². The predicted molar refractivity (Wildman–Crippen MR) is 71.8 cm³/mol. The average molecular weight is 290 g/mol. The van der Waals surface area contributed by atoms with Gasteiger partial charge in [-0.2, -0.15) is 0 Å². The maximum Gasteiger partial charge on any atom is 0.236 e. The lowest BCUT2D eigenvalue weighted by molar-refractivity contribution is -0.122. The van der Waals surface area contributed by atoms with E-state index in [4.69, 9.17) is 0 Å². The number of alkyl halides is 1. The fraction of sp³-hybridized carbons (Fsp3) is 0.923. The van der Waals surface area contributed by atoms with Gasteiger partial charge in [-0.25, -0.2) is 0 Å². The van der Waals surface area contributed by atoms with E-state index in [0.29, 0.717) is 5.92 Å². The molecule has 0 aromatic heterocycles. The molecular weight excluding hydrogens is 266 g/mol. The topological polar surface area (TPSA) is 29.1 Å². The van der Waals surface area contributed by atoms with Crippen molar-refractivity contribution >= 4 is 21.8 Å². The Morgan fingerprint density at radius 2 is 1.75 bits per heavy atom. The molecule has 1 amide bonds. The second kappa shape index (κ2) is 6.04. The molecule has 1 aliphatic carbocycles. The van der Waals surface area contributed by atoms with Crippen LogP contribution in [-0.2, 0) is 4.79 Å². The first-order valence-electron chi connectivity index (χ1n) is 6.40. The summed E-state index contributed by atoms with van der Waals surface area (Å²) in [6.07, 6.45) is 6.56. The molecule has 94 valence electrons. The highest BCUT2D eigenvalue weighted by Crippen LogP contribution is 2.30. The van der Waals surface area contributed by atoms with Gasteiger partial charge in [-0.05, 0) is 38.5 Å². The monoisotopic (exact) mass is 289 g/mol. The number of halogens is 1. The molecule has 0 radical (unpaired) electrons. The maximum atomic E-state index is 11.7. The number of hydrogen-bond donors (Lipinski definition) is 1. The normalized spacial score (nSPS) is 26.5. The standard InChI is InChI=1S/C13H24BrNO/c1-4-10-5-7-11(8-6-10)9-15-12(16)13(2,3)14/h10-11H,4-9H2,1-3H3,(H,15,16). The van der Waals surface area contributed by atoms with Gasteiger partial charge in [0.15, 0.2) is 0 Å². The van der Waals surface area contributed by atoms with Crippen molar-refractivity contribution < 1.29 is 4.79 Å². The lowest BCUT2D eigenvalue weighted by atomic mass is 9.81. The van der Waals surface area contributed by atoms with Crippen molar-refractivity contribution in [2.45, 2.75) is 57.2 Å². The van der Waals surface area contributed by atoms with E-state index in [2.05, 4.69) is 28.2 Å². The summed E-state index contributed by atoms with van der Waals surface area (Å²) in [5.74, 6) is 1.73. The number of carbonyl (C=O) groups is 1. The Kier molecular flexibility index (Phi) is 5.29. The number of rotatable bonds is 4. The molecule has 0 spiro atoms. The summed E-state index contributed by atoms with van der Waals surface area (Å²) >= 11 is 3.38. The smallest absolute Gasteiger partial charge is 0.236 e. The number of carbonyl (C=O) groups excluding carboxylic acids is 1. The van der Waals surface area contributed by atoms with Crippen molar-refractivity contribution in [3.63, 3.8) is 0 Å². The van der Waals surface area contributed by atoms with Crippen molar-refractivity contribution in [1.82, 2.24) is 5.32 Å². The van der Waals surface area contributed by atoms with Gasteiger partial charge >= 0.3 is 0 Å². The lowest BCUT2D eigenvalue weighted by Gasteiger charge is -2.28. The zero-order valence-electron chi connectivity index (χ0n) is 10.7. The molecule has 1 fully saturated rings. The van der Waals surface area contributed by atoms with E-state index in [0.717, 1.165) is 12.5 Å². The Morgan fingerprint density at radius 3 is 2.19 bits per heavy atom. The second-order valence-electron chi connectivity index (χ2n) is 5.48. The Balaban J connectivity index is 2.22. The highest BCUT2D eigenvalue weighted by molar-refractivity contribution is 9.10. The molecule has 0 atom stereocenters. The first-order valence-corrected chi connectivity index (χ1v) is 7.20. The molecule has 2 nitrogen and oxygen atoms in total. The molecule has 1 rings (SSSR count). The van der Waals surface area contributed by atoms with E-state index in [1.165, 1.54) is 32.1 Å². The summed E-state index contributed by atoms with van der Waals surface area (Å²) in [6.45, 7) is 6.90. The Bertz CT molecular complexity index is 227. The largest absolute Gasteiger partial charge is 0.355 e. The van der Waals surface area contributed by atoms with Gasteiger partial charge in [-0.15, -0.1) is 0 Å². The van der Waals surface area contributed by atoms with Gasteiger partial charge in [-0.3, -0.25) is 4.79 Å². The summed E-state index contributed by atoms with van der Waals surface area (Å²) in [5, 5.41) is 3.04. The van der Waals surface area contributed by atoms with Crippen LogP contribution in [0.25, 0.3) is 0 Å². The van der Waals surface area contributed by atoms with Gasteiger partial charge in [0, 0.05) is 6.54 Å². The highest BCUT2D eigenvalue weighted by atomic mass is 79.9. The van der Waals surface area contributed by atoms with Crippen LogP contribution in [0.5, 0.6) is 0 Å². The van der Waals surface area contributed by atoms with Gasteiger partial charge in [0.2, 0.25) is 5.91 Å². The average Bonchev–Trinajstić information content (AvgIpc) is 2.25. The first kappa shape index (κ1) is 14.0. The fourth-order valence-corrected chi connectivity index (χ4v) is 2.43. The number of nitrogens with one attached hydrogen (secondary N) is 1. The van der Waals surface area contributed by atoms with Crippen LogP contribution in [0, 0.1) is 11.8 Å². The van der Waals surface area contributed by atoms with Crippen LogP contribution in [0.3, 0.4) is 0 Å². The van der Waals surface area contributed by atoms with E-state index in [1.807, 2.05) is 13.8 Å². The third kappa shape index (κ3) is 4.44. The molecule has 0 aromatic carbocycles. The summed E-state index contributed by atoms with van der Waals surface area (Å²) < 4.78 is -0.437. The molecule has 16 heavy (non-hydrogen) atoms. The number of hydrogen-bond acceptors (Lipinski definition) is 1. The van der Waals surface area contributed by atoms with Crippen molar-refractivity contribution in [3.8, 4) is 0 Å². The minimum Gasteiger partial charge on any atom is -0.355 e. The van der Waals surface area contributed by atoms with E-state index in [9.17, 15) is 4.79 Å². The first-order chi connectivity index (χ1) is 7.43. The van der Waals surface area contributed by atoms with Crippen LogP contribution in [0.1, 0.15) is 52.9 Å². The zero-order chi connectivity index (χ0) is 12.2. The molecule has 0 aromatic rings. The van der Waals surface area contributed by atoms with Gasteiger partial charge < -0.3 is 5.32 Å². The summed E-state index contributed by atoms with van der Waals surface area (Å²) in [7, 11) is 0. The van der Waals surface area contributed by atoms with Crippen LogP contribution in [0.2, 0.25) is 0 Å². The van der Waals surface area contributed by atoms with Gasteiger partial charge in [-0.1, -0.05) is 42.1 Å². The zero-order valence-corrected chi connectivity index (χ0v) is 12.3. The van der Waals surface area contributed by atoms with Crippen LogP contribution < -0.4 is 5.32 Å². The van der Waals surface area contributed by atoms with Crippen LogP contribution in [0.15, 0.2) is 0 Å². The van der Waals surface area contributed by atoms with E-state index < -0.39 is 4.32 Å². The molecule has 0 aliphatic heterocycles. The quantitative estimate of drug-likeness (QED) is 0.789. The molecule has 0 bridgehead atoms. The summed E-state index contributed by atoms with van der Waals surface area (Å²) in [6, 6.07) is 0. The van der Waals surface area contributed by atoms with Crippen molar-refractivity contribution in [2.75, 3.05) is 6.54 Å². The Hall–Kier alpha value is -0.0500. The highest BCUT2D eigenvalue weighted by Gasteiger charge is 2.25. The molecule has 1 saturated carbocycles. The molecule has 3 heteroatoms. The SMILES string of the molecule is CCC1CCC(CNC(=O)C(C)(C)Br)CC1. The van der Waals surface area contributed by atoms with Gasteiger partial charge in [0.1, 0.15) is 0 Å². The molecule has 0 unspecified atom stereocenters. The third-order valence-electron chi connectivity index (χ3n) is 3.63. The van der Waals surface area contributed by atoms with Crippen LogP contribution >= 0.6 is 15.9 Å². The van der Waals surface area contributed by atoms with E-state index in [-0.39, 0.29) is 5.91 Å². The summed E-state index contributed by atoms with van der Waals surface area (Å²) in [5.41, 5.74) is 0. The second-order valence-corrected chi connectivity index (χ2v) is 7.46. The molecule has 0 heterocycles. The van der Waals surface area contributed by atoms with Crippen LogP contribution in [0.4, 0.5) is 0 Å². The molecule has 1 aliphatic rings. The van der Waals surface area contributed by atoms with Crippen molar-refractivity contribution in [1.29, 1.82) is 0 Å². The summed E-state index contributed by atoms with van der Waals surface area (Å²) in [4.78, 5) is 11.7. The molecule has 1 N–H and O–H groups in total. The minimum absolute atomic E-state index is 0.102. The fourth-order valence-electron chi connectivity index (χ4n) is 2.29. The van der Waals surface area contributed by atoms with Gasteiger partial charge in [0.05, 0.1) is 4.32 Å². The Morgan fingerprint density at radius 1 is 1.25 bits per heavy atom. The molecule has 0 saturated heterocycles. The number of amides is 1. The maximum absolute atomic E-state index is 11.7. The van der Waals surface area contributed by atoms with E-state index in [1.54, 1.807) is 0 Å². The van der Waals surface area contributed by atoms with Gasteiger partial charge in [0.25, 0.3) is 0 Å². The third-order valence-corrected chi connectivity index (χ3v) is 4.00. The molecular formula is C13H24BrNO. The Labute approximate surface area is 108 Å².